The highest BCUT2D eigenvalue weighted by Crippen LogP contribution is 2.70. The molecule has 2 aromatic rings. The molecule has 2 heterocycles. The number of aliphatic hydroxyl groups is 1. The van der Waals surface area contributed by atoms with Crippen molar-refractivity contribution in [3.05, 3.63) is 53.9 Å². The van der Waals surface area contributed by atoms with E-state index in [-0.39, 0.29) is 23.0 Å². The molecule has 0 radical (unpaired) electrons. The van der Waals surface area contributed by atoms with Gasteiger partial charge in [-0.3, -0.25) is 4.98 Å². The normalized spacial score (nSPS) is 33.9. The van der Waals surface area contributed by atoms with Gasteiger partial charge in [0.25, 0.3) is 0 Å². The number of hydrogen-bond acceptors (Lipinski definition) is 5. The molecule has 0 unspecified atom stereocenters. The second-order valence-corrected chi connectivity index (χ2v) is 9.76. The smallest absolute Gasteiger partial charge is 0.162 e. The van der Waals surface area contributed by atoms with Gasteiger partial charge in [-0.15, -0.1) is 0 Å². The average molecular weight is 410 g/mol. The van der Waals surface area contributed by atoms with Crippen molar-refractivity contribution in [2.45, 2.75) is 51.9 Å². The number of hydrogen-bond donors (Lipinski definition) is 1. The van der Waals surface area contributed by atoms with Crippen molar-refractivity contribution >= 4 is 0 Å². The molecule has 3 aliphatic rings. The molecule has 1 aromatic carbocycles. The van der Waals surface area contributed by atoms with Crippen LogP contribution in [0.15, 0.2) is 42.6 Å². The zero-order chi connectivity index (χ0) is 20.9. The van der Waals surface area contributed by atoms with Crippen LogP contribution < -0.4 is 9.47 Å². The number of aromatic nitrogens is 1. The first kappa shape index (κ1) is 19.8. The van der Waals surface area contributed by atoms with Gasteiger partial charge in [0.05, 0.1) is 25.0 Å². The van der Waals surface area contributed by atoms with Gasteiger partial charge >= 0.3 is 0 Å². The van der Waals surface area contributed by atoms with Gasteiger partial charge in [0.2, 0.25) is 0 Å². The van der Waals surface area contributed by atoms with Crippen LogP contribution in [0.1, 0.15) is 50.5 Å². The molecular weight excluding hydrogens is 378 g/mol. The molecule has 1 N–H and O–H groups in total. The molecule has 5 atom stereocenters. The number of benzene rings is 1. The predicted octanol–water partition coefficient (Wildman–Crippen LogP) is 4.54. The Bertz CT molecular complexity index is 915. The summed E-state index contributed by atoms with van der Waals surface area (Å²) < 4.78 is 17.9. The van der Waals surface area contributed by atoms with Gasteiger partial charge in [-0.05, 0) is 66.3 Å². The van der Waals surface area contributed by atoms with Gasteiger partial charge < -0.3 is 19.3 Å². The molecular formula is C25H31NO4. The third-order valence-electron chi connectivity index (χ3n) is 8.05. The van der Waals surface area contributed by atoms with E-state index >= 15 is 0 Å². The summed E-state index contributed by atoms with van der Waals surface area (Å²) in [6.45, 7) is 5.54. The van der Waals surface area contributed by atoms with E-state index in [2.05, 4.69) is 31.0 Å². The van der Waals surface area contributed by atoms with Crippen molar-refractivity contribution in [1.29, 1.82) is 0 Å². The lowest BCUT2D eigenvalue weighted by Gasteiger charge is -2.51. The van der Waals surface area contributed by atoms with E-state index in [9.17, 15) is 5.11 Å². The zero-order valence-corrected chi connectivity index (χ0v) is 18.0. The van der Waals surface area contributed by atoms with Gasteiger partial charge in [-0.25, -0.2) is 0 Å². The SMILES string of the molecule is COc1ccc([C@H]2OCC[C@@]34C[C@@H](C[C@H]23)C(C)(C)[C@H]4O)cc1OCc1ccccn1. The topological polar surface area (TPSA) is 60.8 Å². The van der Waals surface area contributed by atoms with Crippen molar-refractivity contribution in [3.8, 4) is 11.5 Å². The molecule has 5 heteroatoms. The van der Waals surface area contributed by atoms with Gasteiger partial charge in [-0.2, -0.15) is 0 Å². The lowest BCUT2D eigenvalue weighted by Crippen LogP contribution is -2.51. The van der Waals surface area contributed by atoms with Crippen LogP contribution in [0.2, 0.25) is 0 Å². The Morgan fingerprint density at radius 2 is 2.07 bits per heavy atom. The Hall–Kier alpha value is -2.11. The van der Waals surface area contributed by atoms with Crippen molar-refractivity contribution < 1.29 is 19.3 Å². The first-order valence-corrected chi connectivity index (χ1v) is 11.0. The van der Waals surface area contributed by atoms with Crippen molar-refractivity contribution in [2.75, 3.05) is 13.7 Å². The summed E-state index contributed by atoms with van der Waals surface area (Å²) >= 11 is 0. The third-order valence-corrected chi connectivity index (χ3v) is 8.05. The van der Waals surface area contributed by atoms with Crippen molar-refractivity contribution in [3.63, 3.8) is 0 Å². The highest BCUT2D eigenvalue weighted by atomic mass is 16.5. The Kier molecular flexibility index (Phi) is 4.79. The van der Waals surface area contributed by atoms with Gasteiger partial charge in [0.15, 0.2) is 11.5 Å². The second-order valence-electron chi connectivity index (χ2n) is 9.76. The van der Waals surface area contributed by atoms with Gasteiger partial charge in [0, 0.05) is 18.2 Å². The summed E-state index contributed by atoms with van der Waals surface area (Å²) in [6, 6.07) is 11.9. The van der Waals surface area contributed by atoms with E-state index in [0.717, 1.165) is 30.5 Å². The van der Waals surface area contributed by atoms with E-state index in [1.54, 1.807) is 13.3 Å². The molecule has 160 valence electrons. The number of ether oxygens (including phenoxy) is 3. The zero-order valence-electron chi connectivity index (χ0n) is 18.0. The minimum absolute atomic E-state index is 0.00471. The number of pyridine rings is 1. The number of aliphatic hydroxyl groups excluding tert-OH is 1. The fraction of sp³-hybridized carbons (Fsp3) is 0.560. The number of rotatable bonds is 5. The van der Waals surface area contributed by atoms with E-state index < -0.39 is 0 Å². The summed E-state index contributed by atoms with van der Waals surface area (Å²) in [7, 11) is 1.66. The minimum Gasteiger partial charge on any atom is -0.493 e. The van der Waals surface area contributed by atoms with Crippen LogP contribution in [0.25, 0.3) is 0 Å². The van der Waals surface area contributed by atoms with Crippen LogP contribution in [0.4, 0.5) is 0 Å². The Morgan fingerprint density at radius 1 is 1.20 bits per heavy atom. The summed E-state index contributed by atoms with van der Waals surface area (Å²) in [5.41, 5.74) is 1.95. The molecule has 5 rings (SSSR count). The van der Waals surface area contributed by atoms with Crippen molar-refractivity contribution in [2.24, 2.45) is 22.7 Å². The molecule has 2 saturated carbocycles. The minimum atomic E-state index is -0.265. The predicted molar refractivity (Wildman–Crippen MR) is 113 cm³/mol. The van der Waals surface area contributed by atoms with Crippen LogP contribution >= 0.6 is 0 Å². The molecule has 1 aromatic heterocycles. The first-order valence-electron chi connectivity index (χ1n) is 11.0. The van der Waals surface area contributed by atoms with Crippen LogP contribution in [0.3, 0.4) is 0 Å². The summed E-state index contributed by atoms with van der Waals surface area (Å²) in [4.78, 5) is 4.33. The number of methoxy groups -OCH3 is 1. The first-order chi connectivity index (χ1) is 14.5. The van der Waals surface area contributed by atoms with Crippen LogP contribution in [-0.2, 0) is 11.3 Å². The fourth-order valence-corrected chi connectivity index (χ4v) is 6.37. The molecule has 2 bridgehead atoms. The maximum atomic E-state index is 11.2. The van der Waals surface area contributed by atoms with E-state index in [1.165, 1.54) is 0 Å². The Balaban J connectivity index is 1.42. The summed E-state index contributed by atoms with van der Waals surface area (Å²) in [5, 5.41) is 11.2. The van der Waals surface area contributed by atoms with Crippen molar-refractivity contribution in [1.82, 2.24) is 4.98 Å². The van der Waals surface area contributed by atoms with Gasteiger partial charge in [0.1, 0.15) is 6.61 Å². The average Bonchev–Trinajstić information content (AvgIpc) is 3.26. The maximum absolute atomic E-state index is 11.2. The third kappa shape index (κ3) is 2.94. The Labute approximate surface area is 178 Å². The molecule has 1 spiro atoms. The van der Waals surface area contributed by atoms with Crippen LogP contribution in [0.5, 0.6) is 11.5 Å². The molecule has 1 aliphatic heterocycles. The van der Waals surface area contributed by atoms with Gasteiger partial charge in [-0.1, -0.05) is 26.0 Å². The lowest BCUT2D eigenvalue weighted by atomic mass is 9.60. The molecule has 0 amide bonds. The number of fused-ring (bicyclic) bond motifs is 1. The second kappa shape index (κ2) is 7.24. The van der Waals surface area contributed by atoms with E-state index in [0.29, 0.717) is 36.5 Å². The Morgan fingerprint density at radius 3 is 2.80 bits per heavy atom. The molecule has 3 fully saturated rings. The maximum Gasteiger partial charge on any atom is 0.162 e. The molecule has 2 aliphatic carbocycles. The van der Waals surface area contributed by atoms with E-state index in [4.69, 9.17) is 14.2 Å². The summed E-state index contributed by atoms with van der Waals surface area (Å²) in [6.07, 6.45) is 4.67. The fourth-order valence-electron chi connectivity index (χ4n) is 6.37. The largest absolute Gasteiger partial charge is 0.493 e. The monoisotopic (exact) mass is 409 g/mol. The molecule has 1 saturated heterocycles. The van der Waals surface area contributed by atoms with Crippen LogP contribution in [-0.4, -0.2) is 29.9 Å². The van der Waals surface area contributed by atoms with Crippen LogP contribution in [0, 0.1) is 22.7 Å². The summed E-state index contributed by atoms with van der Waals surface area (Å²) in [5.74, 6) is 2.30. The quantitative estimate of drug-likeness (QED) is 0.785. The molecule has 30 heavy (non-hydrogen) atoms. The van der Waals surface area contributed by atoms with E-state index in [1.807, 2.05) is 24.3 Å². The lowest BCUT2D eigenvalue weighted by molar-refractivity contribution is -0.164. The molecule has 5 nitrogen and oxygen atoms in total. The highest BCUT2D eigenvalue weighted by molar-refractivity contribution is 5.44. The standard InChI is InChI=1S/C25H31NO4/c1-24(2)17-13-19-22(29-11-9-25(19,14-17)23(24)27)16-7-8-20(28-3)21(12-16)30-15-18-6-4-5-10-26-18/h4-8,10,12,17,19,22-23,27H,9,11,13-15H2,1-3H3/t17-,19-,22-,23-,25-/m1/s1. The highest BCUT2D eigenvalue weighted by Gasteiger charge is 2.68. The number of nitrogens with zero attached hydrogens (tertiary/aromatic N) is 1.